The van der Waals surface area contributed by atoms with E-state index in [4.69, 9.17) is 17.7 Å². The minimum atomic E-state index is -0.976. The van der Waals surface area contributed by atoms with Crippen LogP contribution in [0.1, 0.15) is 44.9 Å². The zero-order valence-electron chi connectivity index (χ0n) is 40.8. The van der Waals surface area contributed by atoms with Gasteiger partial charge >= 0.3 is 0 Å². The highest BCUT2D eigenvalue weighted by molar-refractivity contribution is 6.08. The topological polar surface area (TPSA) is 59.0 Å². The highest BCUT2D eigenvalue weighted by atomic mass is 16.4. The van der Waals surface area contributed by atoms with Gasteiger partial charge in [-0.05, 0) is 117 Å². The second-order valence-corrected chi connectivity index (χ2v) is 20.2. The zero-order valence-corrected chi connectivity index (χ0v) is 40.8. The van der Waals surface area contributed by atoms with Gasteiger partial charge in [-0.15, -0.1) is 0 Å². The summed E-state index contributed by atoms with van der Waals surface area (Å²) in [6.07, 6.45) is 0. The molecule has 76 heavy (non-hydrogen) atoms. The summed E-state index contributed by atoms with van der Waals surface area (Å²) in [6, 6.07) is 90.7. The molecule has 0 radical (unpaired) electrons. The van der Waals surface area contributed by atoms with E-state index in [0.29, 0.717) is 11.8 Å². The smallest absolute Gasteiger partial charge is 0.205 e. The summed E-state index contributed by atoms with van der Waals surface area (Å²) in [6.45, 7) is 0. The van der Waals surface area contributed by atoms with Crippen LogP contribution in [0.3, 0.4) is 0 Å². The Morgan fingerprint density at radius 3 is 0.961 bits per heavy atom. The maximum absolute atomic E-state index is 8.04. The predicted octanol–water partition coefficient (Wildman–Crippen LogP) is 18.7. The van der Waals surface area contributed by atoms with Gasteiger partial charge in [0.05, 0.1) is 0 Å². The van der Waals surface area contributed by atoms with Crippen molar-refractivity contribution in [2.75, 3.05) is 9.80 Å². The first-order valence-corrected chi connectivity index (χ1v) is 25.9. The Bertz CT molecular complexity index is 4250. The second-order valence-electron chi connectivity index (χ2n) is 20.2. The molecule has 6 heteroatoms. The molecule has 4 heterocycles. The van der Waals surface area contributed by atoms with E-state index in [1.54, 1.807) is 0 Å². The van der Waals surface area contributed by atoms with E-state index in [9.17, 15) is 0 Å². The Kier molecular flexibility index (Phi) is 8.32. The third-order valence-electron chi connectivity index (χ3n) is 16.5. The standard InChI is InChI=1S/C70H42N2O4/c1-3-19-43(20-4-1)71(45-35-37-63-53(39-45)51-27-11-17-33-61(51)73-63)65-41-59-67(75-65)70(57-31-15-9-25-49(57)50-26-10-16-32-58(50)70)60-42-66(76-68(60)69(59)55-29-13-7-23-47(55)48-24-8-14-30-56(48)69)72(44-21-5-2-6-22-44)46-36-38-64-54(40-46)52-28-12-18-34-62(52)74-64/h1-42H. The van der Waals surface area contributed by atoms with Crippen LogP contribution >= 0.6 is 0 Å². The number of benzene rings is 10. The van der Waals surface area contributed by atoms with E-state index in [-0.39, 0.29) is 0 Å². The first kappa shape index (κ1) is 41.4. The predicted molar refractivity (Wildman–Crippen MR) is 303 cm³/mol. The third kappa shape index (κ3) is 5.34. The fourth-order valence-electron chi connectivity index (χ4n) is 13.5. The summed E-state index contributed by atoms with van der Waals surface area (Å²) in [5, 5.41) is 4.19. The molecule has 0 unspecified atom stereocenters. The van der Waals surface area contributed by atoms with Crippen LogP contribution in [0.25, 0.3) is 66.1 Å². The Hall–Kier alpha value is -10.0. The van der Waals surface area contributed by atoms with E-state index in [2.05, 4.69) is 240 Å². The van der Waals surface area contributed by atoms with Crippen LogP contribution in [0.5, 0.6) is 0 Å². The average molecular weight is 975 g/mol. The number of anilines is 6. The molecule has 14 aromatic rings. The quantitative estimate of drug-likeness (QED) is 0.165. The molecule has 0 saturated carbocycles. The van der Waals surface area contributed by atoms with Gasteiger partial charge in [0.1, 0.15) is 44.7 Å². The number of hydrogen-bond acceptors (Lipinski definition) is 6. The Morgan fingerprint density at radius 1 is 0.237 bits per heavy atom. The van der Waals surface area contributed by atoms with Crippen molar-refractivity contribution in [2.24, 2.45) is 0 Å². The Balaban J connectivity index is 1.01. The second kappa shape index (κ2) is 15.3. The summed E-state index contributed by atoms with van der Waals surface area (Å²) in [5.74, 6) is 3.06. The first-order chi connectivity index (χ1) is 37.7. The molecule has 4 aromatic heterocycles. The lowest BCUT2D eigenvalue weighted by molar-refractivity contribution is 0.405. The van der Waals surface area contributed by atoms with Crippen molar-refractivity contribution in [1.82, 2.24) is 0 Å². The molecular formula is C70H42N2O4. The van der Waals surface area contributed by atoms with Crippen LogP contribution in [0, 0.1) is 0 Å². The highest BCUT2D eigenvalue weighted by Gasteiger charge is 2.64. The van der Waals surface area contributed by atoms with Gasteiger partial charge in [-0.25, -0.2) is 0 Å². The van der Waals surface area contributed by atoms with Crippen molar-refractivity contribution in [3.8, 4) is 22.3 Å². The van der Waals surface area contributed by atoms with Gasteiger partial charge in [0.2, 0.25) is 11.8 Å². The minimum Gasteiger partial charge on any atom is -0.456 e. The highest BCUT2D eigenvalue weighted by Crippen LogP contribution is 2.70. The van der Waals surface area contributed by atoms with Crippen molar-refractivity contribution in [3.05, 3.63) is 300 Å². The van der Waals surface area contributed by atoms with Gasteiger partial charge in [0.25, 0.3) is 0 Å². The fourth-order valence-corrected chi connectivity index (χ4v) is 13.5. The van der Waals surface area contributed by atoms with E-state index < -0.39 is 10.8 Å². The van der Waals surface area contributed by atoms with Gasteiger partial charge in [-0.2, -0.15) is 0 Å². The Morgan fingerprint density at radius 2 is 0.566 bits per heavy atom. The molecule has 17 rings (SSSR count). The fraction of sp³-hybridized carbons (Fsp3) is 0.0286. The maximum Gasteiger partial charge on any atom is 0.205 e. The monoisotopic (exact) mass is 974 g/mol. The zero-order chi connectivity index (χ0) is 49.7. The molecule has 0 fully saturated rings. The van der Waals surface area contributed by atoms with E-state index in [0.717, 1.165) is 134 Å². The number of furan rings is 4. The largest absolute Gasteiger partial charge is 0.456 e. The van der Waals surface area contributed by atoms with Crippen molar-refractivity contribution in [1.29, 1.82) is 0 Å². The maximum atomic E-state index is 8.04. The molecule has 2 spiro atoms. The molecular weight excluding hydrogens is 933 g/mol. The van der Waals surface area contributed by atoms with Gasteiger partial charge in [0, 0.05) is 67.6 Å². The molecule has 0 aliphatic heterocycles. The average Bonchev–Trinajstić information content (AvgIpc) is 4.39. The first-order valence-electron chi connectivity index (χ1n) is 25.9. The Labute approximate surface area is 436 Å². The number of hydrogen-bond donors (Lipinski definition) is 0. The van der Waals surface area contributed by atoms with Gasteiger partial charge in [-0.1, -0.05) is 170 Å². The number of rotatable bonds is 6. The van der Waals surface area contributed by atoms with Gasteiger partial charge < -0.3 is 17.7 Å². The van der Waals surface area contributed by atoms with Crippen molar-refractivity contribution < 1.29 is 17.7 Å². The van der Waals surface area contributed by atoms with E-state index in [1.165, 1.54) is 0 Å². The summed E-state index contributed by atoms with van der Waals surface area (Å²) < 4.78 is 28.9. The lowest BCUT2D eigenvalue weighted by atomic mass is 9.57. The number of para-hydroxylation sites is 4. The summed E-state index contributed by atoms with van der Waals surface area (Å²) in [4.78, 5) is 4.53. The molecule has 356 valence electrons. The summed E-state index contributed by atoms with van der Waals surface area (Å²) in [5.41, 5.74) is 16.4. The van der Waals surface area contributed by atoms with Gasteiger partial charge in [-0.3, -0.25) is 9.80 Å². The molecule has 3 aliphatic carbocycles. The normalized spacial score (nSPS) is 14.0. The van der Waals surface area contributed by atoms with Crippen molar-refractivity contribution >= 4 is 78.4 Å². The van der Waals surface area contributed by atoms with Crippen LogP contribution < -0.4 is 9.80 Å². The molecule has 0 saturated heterocycles. The lowest BCUT2D eigenvalue weighted by Gasteiger charge is -2.42. The van der Waals surface area contributed by atoms with Crippen molar-refractivity contribution in [2.45, 2.75) is 10.8 Å². The van der Waals surface area contributed by atoms with Crippen LogP contribution in [0.2, 0.25) is 0 Å². The van der Waals surface area contributed by atoms with Crippen LogP contribution in [0.4, 0.5) is 34.5 Å². The molecule has 0 N–H and O–H groups in total. The van der Waals surface area contributed by atoms with Crippen molar-refractivity contribution in [3.63, 3.8) is 0 Å². The van der Waals surface area contributed by atoms with Crippen LogP contribution in [-0.4, -0.2) is 0 Å². The van der Waals surface area contributed by atoms with Crippen LogP contribution in [-0.2, 0) is 10.8 Å². The summed E-state index contributed by atoms with van der Waals surface area (Å²) in [7, 11) is 0. The molecule has 0 amide bonds. The van der Waals surface area contributed by atoms with Crippen LogP contribution in [0.15, 0.2) is 272 Å². The molecule has 0 atom stereocenters. The molecule has 6 nitrogen and oxygen atoms in total. The summed E-state index contributed by atoms with van der Waals surface area (Å²) >= 11 is 0. The minimum absolute atomic E-state index is 0.683. The van der Waals surface area contributed by atoms with E-state index >= 15 is 0 Å². The molecule has 3 aliphatic rings. The molecule has 0 bridgehead atoms. The van der Waals surface area contributed by atoms with E-state index in [1.807, 2.05) is 24.3 Å². The number of nitrogens with zero attached hydrogens (tertiary/aromatic N) is 2. The van der Waals surface area contributed by atoms with Gasteiger partial charge in [0.15, 0.2) is 0 Å². The lowest BCUT2D eigenvalue weighted by Crippen LogP contribution is -2.42. The molecule has 10 aromatic carbocycles. The third-order valence-corrected chi connectivity index (χ3v) is 16.5. The SMILES string of the molecule is c1ccc(N(c2ccc3oc4ccccc4c3c2)c2cc3c(o2)C2(c4ccccc4-c4ccccc42)c2cc(N(c4ccccc4)c4ccc5oc6ccccc6c5c4)oc2C32c3ccccc3-c3ccccc32)cc1. The number of fused-ring (bicyclic) bond motifs is 22.